The number of sulfone groups is 1. The molecular weight excluding hydrogens is 242 g/mol. The van der Waals surface area contributed by atoms with Gasteiger partial charge in [-0.25, -0.2) is 19.1 Å². The summed E-state index contributed by atoms with van der Waals surface area (Å²) in [5, 5.41) is 1.95. The minimum atomic E-state index is -3.28. The molecule has 0 unspecified atom stereocenters. The van der Waals surface area contributed by atoms with Crippen LogP contribution in [-0.4, -0.2) is 19.7 Å². The highest BCUT2D eigenvalue weighted by molar-refractivity contribution is 7.92. The number of rotatable bonds is 3. The van der Waals surface area contributed by atoms with Crippen LogP contribution >= 0.6 is 0 Å². The number of benzene rings is 1. The fourth-order valence-corrected chi connectivity index (χ4v) is 2.23. The van der Waals surface area contributed by atoms with Crippen LogP contribution in [0.4, 0.5) is 10.5 Å². The third-order valence-electron chi connectivity index (χ3n) is 2.19. The summed E-state index contributed by atoms with van der Waals surface area (Å²) < 4.78 is 23.6. The number of nitrogens with one attached hydrogen (secondary N) is 2. The summed E-state index contributed by atoms with van der Waals surface area (Å²) in [6.07, 6.45) is 0. The van der Waals surface area contributed by atoms with Gasteiger partial charge in [-0.2, -0.15) is 0 Å². The molecule has 4 N–H and O–H groups in total. The van der Waals surface area contributed by atoms with Crippen LogP contribution in [0.25, 0.3) is 0 Å². The molecule has 1 rings (SSSR count). The van der Waals surface area contributed by atoms with E-state index in [2.05, 4.69) is 5.32 Å². The number of urea groups is 1. The highest BCUT2D eigenvalue weighted by atomic mass is 32.2. The van der Waals surface area contributed by atoms with Gasteiger partial charge in [0.25, 0.3) is 0 Å². The van der Waals surface area contributed by atoms with Crippen LogP contribution in [0.1, 0.15) is 13.8 Å². The topological polar surface area (TPSA) is 101 Å². The Morgan fingerprint density at radius 3 is 2.18 bits per heavy atom. The molecule has 0 spiro atoms. The molecule has 0 aromatic heterocycles. The molecule has 0 saturated heterocycles. The Labute approximate surface area is 100 Å². The van der Waals surface area contributed by atoms with Crippen LogP contribution in [0, 0.1) is 0 Å². The first-order chi connectivity index (χ1) is 7.87. The van der Waals surface area contributed by atoms with Gasteiger partial charge in [-0.05, 0) is 38.1 Å². The van der Waals surface area contributed by atoms with Crippen molar-refractivity contribution in [1.29, 1.82) is 0 Å². The van der Waals surface area contributed by atoms with Crippen molar-refractivity contribution in [2.75, 3.05) is 5.32 Å². The van der Waals surface area contributed by atoms with Crippen molar-refractivity contribution in [2.24, 2.45) is 5.84 Å². The number of hydrogen-bond donors (Lipinski definition) is 3. The van der Waals surface area contributed by atoms with Crippen LogP contribution in [0.15, 0.2) is 29.2 Å². The standard InChI is InChI=1S/C10H15N3O3S/c1-7(2)17(15,16)9-5-3-8(4-6-9)12-10(14)13-11/h3-7H,11H2,1-2H3,(H2,12,13,14). The minimum Gasteiger partial charge on any atom is -0.307 e. The van der Waals surface area contributed by atoms with Crippen LogP contribution in [-0.2, 0) is 9.84 Å². The molecule has 7 heteroatoms. The zero-order chi connectivity index (χ0) is 13.1. The molecular formula is C10H15N3O3S. The summed E-state index contributed by atoms with van der Waals surface area (Å²) in [5.74, 6) is 4.90. The molecule has 2 amide bonds. The fourth-order valence-electron chi connectivity index (χ4n) is 1.17. The SMILES string of the molecule is CC(C)S(=O)(=O)c1ccc(NC(=O)NN)cc1. The van der Waals surface area contributed by atoms with Gasteiger partial charge in [-0.15, -0.1) is 0 Å². The van der Waals surface area contributed by atoms with Gasteiger partial charge in [0.1, 0.15) is 0 Å². The summed E-state index contributed by atoms with van der Waals surface area (Å²) in [6, 6.07) is 5.34. The normalized spacial score (nSPS) is 11.3. The smallest absolute Gasteiger partial charge is 0.307 e. The first kappa shape index (κ1) is 13.5. The van der Waals surface area contributed by atoms with Crippen LogP contribution in [0.2, 0.25) is 0 Å². The molecule has 0 bridgehead atoms. The number of hydrazine groups is 1. The maximum Gasteiger partial charge on any atom is 0.333 e. The largest absolute Gasteiger partial charge is 0.333 e. The first-order valence-corrected chi connectivity index (χ1v) is 6.54. The van der Waals surface area contributed by atoms with E-state index in [4.69, 9.17) is 5.84 Å². The summed E-state index contributed by atoms with van der Waals surface area (Å²) in [4.78, 5) is 11.1. The maximum absolute atomic E-state index is 11.8. The third-order valence-corrected chi connectivity index (χ3v) is 4.36. The van der Waals surface area contributed by atoms with Gasteiger partial charge in [-0.3, -0.25) is 5.43 Å². The Morgan fingerprint density at radius 1 is 1.24 bits per heavy atom. The average molecular weight is 257 g/mol. The van der Waals surface area contributed by atoms with Gasteiger partial charge in [0.15, 0.2) is 9.84 Å². The second kappa shape index (κ2) is 5.15. The van der Waals surface area contributed by atoms with Crippen LogP contribution in [0.5, 0.6) is 0 Å². The van der Waals surface area contributed by atoms with Crippen molar-refractivity contribution in [3.63, 3.8) is 0 Å². The van der Waals surface area contributed by atoms with Gasteiger partial charge in [0, 0.05) is 5.69 Å². The number of amides is 2. The highest BCUT2D eigenvalue weighted by Gasteiger charge is 2.18. The zero-order valence-corrected chi connectivity index (χ0v) is 10.4. The Kier molecular flexibility index (Phi) is 4.08. The summed E-state index contributed by atoms with van der Waals surface area (Å²) >= 11 is 0. The van der Waals surface area contributed by atoms with Crippen molar-refractivity contribution < 1.29 is 13.2 Å². The molecule has 0 saturated carbocycles. The molecule has 17 heavy (non-hydrogen) atoms. The van der Waals surface area contributed by atoms with E-state index in [1.54, 1.807) is 13.8 Å². The summed E-state index contributed by atoms with van der Waals surface area (Å²) in [6.45, 7) is 3.23. The van der Waals surface area contributed by atoms with E-state index in [1.165, 1.54) is 24.3 Å². The van der Waals surface area contributed by atoms with Crippen LogP contribution < -0.4 is 16.6 Å². The van der Waals surface area contributed by atoms with Gasteiger partial charge in [0.2, 0.25) is 0 Å². The Hall–Kier alpha value is -1.60. The van der Waals surface area contributed by atoms with E-state index in [-0.39, 0.29) is 4.90 Å². The Bertz CT molecular complexity index is 494. The van der Waals surface area contributed by atoms with E-state index in [0.29, 0.717) is 5.69 Å². The van der Waals surface area contributed by atoms with Crippen molar-refractivity contribution in [3.8, 4) is 0 Å². The van der Waals surface area contributed by atoms with E-state index in [1.807, 2.05) is 5.43 Å². The molecule has 0 atom stereocenters. The predicted molar refractivity (Wildman–Crippen MR) is 65.1 cm³/mol. The number of nitrogens with two attached hydrogens (primary N) is 1. The molecule has 1 aromatic carbocycles. The van der Waals surface area contributed by atoms with Gasteiger partial charge >= 0.3 is 6.03 Å². The van der Waals surface area contributed by atoms with Crippen LogP contribution in [0.3, 0.4) is 0 Å². The molecule has 1 aromatic rings. The Morgan fingerprint density at radius 2 is 1.76 bits per heavy atom. The van der Waals surface area contributed by atoms with Crippen molar-refractivity contribution in [3.05, 3.63) is 24.3 Å². The highest BCUT2D eigenvalue weighted by Crippen LogP contribution is 2.18. The molecule has 0 radical (unpaired) electrons. The lowest BCUT2D eigenvalue weighted by atomic mass is 10.3. The minimum absolute atomic E-state index is 0.228. The van der Waals surface area contributed by atoms with E-state index >= 15 is 0 Å². The van der Waals surface area contributed by atoms with E-state index < -0.39 is 21.1 Å². The second-order valence-corrected chi connectivity index (χ2v) is 6.22. The lowest BCUT2D eigenvalue weighted by Gasteiger charge is -2.09. The van der Waals surface area contributed by atoms with Crippen molar-refractivity contribution >= 4 is 21.6 Å². The fraction of sp³-hybridized carbons (Fsp3) is 0.300. The molecule has 6 nitrogen and oxygen atoms in total. The number of anilines is 1. The molecule has 0 heterocycles. The Balaban J connectivity index is 2.93. The first-order valence-electron chi connectivity index (χ1n) is 4.99. The maximum atomic E-state index is 11.8. The summed E-state index contributed by atoms with van der Waals surface area (Å²) in [5.41, 5.74) is 2.38. The van der Waals surface area contributed by atoms with Gasteiger partial charge in [0.05, 0.1) is 10.1 Å². The lowest BCUT2D eigenvalue weighted by Crippen LogP contribution is -2.34. The summed E-state index contributed by atoms with van der Waals surface area (Å²) in [7, 11) is -3.28. The molecule has 94 valence electrons. The van der Waals surface area contributed by atoms with Gasteiger partial charge < -0.3 is 5.32 Å². The van der Waals surface area contributed by atoms with E-state index in [0.717, 1.165) is 0 Å². The monoisotopic (exact) mass is 257 g/mol. The molecule has 0 aliphatic carbocycles. The zero-order valence-electron chi connectivity index (χ0n) is 9.60. The van der Waals surface area contributed by atoms with Crippen molar-refractivity contribution in [1.82, 2.24) is 5.43 Å². The number of carbonyl (C=O) groups is 1. The number of hydrogen-bond acceptors (Lipinski definition) is 4. The quantitative estimate of drug-likeness (QED) is 0.424. The molecule has 0 fully saturated rings. The van der Waals surface area contributed by atoms with Crippen molar-refractivity contribution in [2.45, 2.75) is 24.0 Å². The molecule has 0 aliphatic heterocycles. The van der Waals surface area contributed by atoms with Gasteiger partial charge in [-0.1, -0.05) is 0 Å². The average Bonchev–Trinajstić information content (AvgIpc) is 2.29. The number of carbonyl (C=O) groups excluding carboxylic acids is 1. The third kappa shape index (κ3) is 3.18. The predicted octanol–water partition coefficient (Wildman–Crippen LogP) is 0.864. The van der Waals surface area contributed by atoms with E-state index in [9.17, 15) is 13.2 Å². The second-order valence-electron chi connectivity index (χ2n) is 3.72. The lowest BCUT2D eigenvalue weighted by molar-refractivity contribution is 0.252. The molecule has 0 aliphatic rings.